The minimum absolute atomic E-state index is 0.277. The number of carboxylic acids is 1. The van der Waals surface area contributed by atoms with Crippen LogP contribution < -0.4 is 10.4 Å². The second-order valence-electron chi connectivity index (χ2n) is 6.66. The largest absolute Gasteiger partial charge is 0.545 e. The molecule has 1 aromatic rings. The molecular weight excluding hydrogens is 274 g/mol. The number of fused-ring (bicyclic) bond motifs is 3. The zero-order valence-corrected chi connectivity index (χ0v) is 12.5. The first kappa shape index (κ1) is 13.6. The Morgan fingerprint density at radius 3 is 2.86 bits per heavy atom. The highest BCUT2D eigenvalue weighted by atomic mass is 16.4. The van der Waals surface area contributed by atoms with Crippen LogP contribution in [0.15, 0.2) is 42.5 Å². The maximum atomic E-state index is 11.1. The van der Waals surface area contributed by atoms with Crippen LogP contribution in [0.3, 0.4) is 0 Å². The lowest BCUT2D eigenvalue weighted by molar-refractivity contribution is -0.255. The molecule has 1 aromatic carbocycles. The second kappa shape index (κ2) is 5.31. The summed E-state index contributed by atoms with van der Waals surface area (Å²) < 4.78 is 0. The smallest absolute Gasteiger partial charge is 0.0715 e. The van der Waals surface area contributed by atoms with Gasteiger partial charge in [0.2, 0.25) is 0 Å². The number of rotatable bonds is 2. The minimum Gasteiger partial charge on any atom is -0.545 e. The third-order valence-electron chi connectivity index (χ3n) is 5.46. The van der Waals surface area contributed by atoms with E-state index in [9.17, 15) is 9.90 Å². The molecule has 0 bridgehead atoms. The van der Waals surface area contributed by atoms with Crippen molar-refractivity contribution in [3.63, 3.8) is 0 Å². The van der Waals surface area contributed by atoms with Gasteiger partial charge in [-0.3, -0.25) is 0 Å². The highest BCUT2D eigenvalue weighted by molar-refractivity contribution is 5.87. The number of aromatic carboxylic acids is 1. The maximum Gasteiger partial charge on any atom is 0.0715 e. The van der Waals surface area contributed by atoms with Crippen molar-refractivity contribution < 1.29 is 9.90 Å². The molecule has 0 fully saturated rings. The number of carbonyl (C=O) groups excluding carboxylic acids is 1. The Labute approximate surface area is 130 Å². The lowest BCUT2D eigenvalue weighted by Gasteiger charge is -2.42. The number of allylic oxidation sites excluding steroid dienone is 4. The Morgan fingerprint density at radius 2 is 2.09 bits per heavy atom. The summed E-state index contributed by atoms with van der Waals surface area (Å²) in [7, 11) is 0. The molecule has 4 rings (SSSR count). The molecule has 3 aliphatic rings. The van der Waals surface area contributed by atoms with Crippen LogP contribution in [0.1, 0.15) is 47.5 Å². The highest BCUT2D eigenvalue weighted by Crippen LogP contribution is 2.47. The summed E-state index contributed by atoms with van der Waals surface area (Å²) in [4.78, 5) is 11.1. The fraction of sp³-hybridized carbons (Fsp3) is 0.421. The summed E-state index contributed by atoms with van der Waals surface area (Å²) in [5.74, 6) is 0.458. The van der Waals surface area contributed by atoms with Crippen molar-refractivity contribution in [1.29, 1.82) is 0 Å². The van der Waals surface area contributed by atoms with E-state index in [1.165, 1.54) is 12.8 Å². The molecular formula is C19H20NO2-. The first-order valence-corrected chi connectivity index (χ1v) is 8.17. The molecule has 0 spiro atoms. The number of anilines is 1. The lowest BCUT2D eigenvalue weighted by Crippen LogP contribution is -2.42. The molecule has 1 heterocycles. The van der Waals surface area contributed by atoms with Gasteiger partial charge in [-0.15, -0.1) is 0 Å². The van der Waals surface area contributed by atoms with Gasteiger partial charge in [0.25, 0.3) is 0 Å². The predicted molar refractivity (Wildman–Crippen MR) is 84.7 cm³/mol. The molecule has 0 amide bonds. The van der Waals surface area contributed by atoms with Crippen LogP contribution in [0.2, 0.25) is 0 Å². The van der Waals surface area contributed by atoms with Crippen molar-refractivity contribution in [3.8, 4) is 0 Å². The first-order chi connectivity index (χ1) is 10.7. The van der Waals surface area contributed by atoms with E-state index >= 15 is 0 Å². The van der Waals surface area contributed by atoms with Gasteiger partial charge in [-0.2, -0.15) is 0 Å². The first-order valence-electron chi connectivity index (χ1n) is 8.17. The maximum absolute atomic E-state index is 11.1. The molecule has 3 heteroatoms. The van der Waals surface area contributed by atoms with Gasteiger partial charge in [-0.05, 0) is 60.8 Å². The Bertz CT molecular complexity index is 661. The normalized spacial score (nSPS) is 32.2. The molecule has 0 saturated heterocycles. The van der Waals surface area contributed by atoms with Crippen molar-refractivity contribution in [2.75, 3.05) is 5.32 Å². The predicted octanol–water partition coefficient (Wildman–Crippen LogP) is 2.86. The molecule has 0 saturated carbocycles. The Balaban J connectivity index is 1.70. The van der Waals surface area contributed by atoms with Crippen LogP contribution in [0.5, 0.6) is 0 Å². The van der Waals surface area contributed by atoms with E-state index < -0.39 is 5.97 Å². The van der Waals surface area contributed by atoms with E-state index in [0.717, 1.165) is 24.1 Å². The van der Waals surface area contributed by atoms with Gasteiger partial charge in [0.1, 0.15) is 0 Å². The summed E-state index contributed by atoms with van der Waals surface area (Å²) in [5.41, 5.74) is 2.49. The fourth-order valence-electron chi connectivity index (χ4n) is 4.37. The molecule has 0 unspecified atom stereocenters. The van der Waals surface area contributed by atoms with E-state index in [-0.39, 0.29) is 5.56 Å². The molecule has 22 heavy (non-hydrogen) atoms. The molecule has 3 nitrogen and oxygen atoms in total. The van der Waals surface area contributed by atoms with Crippen LogP contribution in [0.4, 0.5) is 5.69 Å². The molecule has 2 aliphatic carbocycles. The van der Waals surface area contributed by atoms with Crippen LogP contribution >= 0.6 is 0 Å². The van der Waals surface area contributed by atoms with Gasteiger partial charge in [-0.1, -0.05) is 30.4 Å². The topological polar surface area (TPSA) is 52.2 Å². The van der Waals surface area contributed by atoms with Crippen molar-refractivity contribution >= 4 is 11.7 Å². The monoisotopic (exact) mass is 294 g/mol. The number of benzene rings is 1. The third-order valence-corrected chi connectivity index (χ3v) is 5.46. The van der Waals surface area contributed by atoms with Crippen molar-refractivity contribution in [3.05, 3.63) is 53.6 Å². The average molecular weight is 294 g/mol. The minimum atomic E-state index is -1.10. The molecule has 1 N–H and O–H groups in total. The number of carboxylic acid groups (broad SMARTS) is 1. The number of carbonyl (C=O) groups is 1. The van der Waals surface area contributed by atoms with Gasteiger partial charge >= 0.3 is 0 Å². The zero-order chi connectivity index (χ0) is 15.1. The molecule has 0 aromatic heterocycles. The molecule has 4 atom stereocenters. The van der Waals surface area contributed by atoms with Crippen LogP contribution in [0, 0.1) is 11.8 Å². The Hall–Kier alpha value is -2.03. The van der Waals surface area contributed by atoms with Crippen molar-refractivity contribution in [1.82, 2.24) is 0 Å². The van der Waals surface area contributed by atoms with E-state index in [1.54, 1.807) is 12.1 Å². The van der Waals surface area contributed by atoms with E-state index in [0.29, 0.717) is 23.8 Å². The Morgan fingerprint density at radius 1 is 1.18 bits per heavy atom. The van der Waals surface area contributed by atoms with Crippen molar-refractivity contribution in [2.24, 2.45) is 11.8 Å². The van der Waals surface area contributed by atoms with Crippen molar-refractivity contribution in [2.45, 2.75) is 37.6 Å². The van der Waals surface area contributed by atoms with E-state index in [4.69, 9.17) is 0 Å². The average Bonchev–Trinajstić information content (AvgIpc) is 3.04. The van der Waals surface area contributed by atoms with Gasteiger partial charge in [-0.25, -0.2) is 0 Å². The van der Waals surface area contributed by atoms with E-state index in [1.807, 2.05) is 6.07 Å². The highest BCUT2D eigenvalue weighted by Gasteiger charge is 2.40. The second-order valence-corrected chi connectivity index (χ2v) is 6.66. The lowest BCUT2D eigenvalue weighted by atomic mass is 9.72. The fourth-order valence-corrected chi connectivity index (χ4v) is 4.37. The summed E-state index contributed by atoms with van der Waals surface area (Å²) >= 11 is 0. The van der Waals surface area contributed by atoms with Gasteiger partial charge < -0.3 is 15.2 Å². The third kappa shape index (κ3) is 2.16. The summed E-state index contributed by atoms with van der Waals surface area (Å²) in [6.45, 7) is 0. The number of hydrogen-bond acceptors (Lipinski definition) is 3. The van der Waals surface area contributed by atoms with Gasteiger partial charge in [0, 0.05) is 17.6 Å². The summed E-state index contributed by atoms with van der Waals surface area (Å²) in [5, 5.41) is 14.9. The van der Waals surface area contributed by atoms with Gasteiger partial charge in [0.05, 0.1) is 5.97 Å². The molecule has 114 valence electrons. The van der Waals surface area contributed by atoms with Crippen LogP contribution in [0.25, 0.3) is 0 Å². The summed E-state index contributed by atoms with van der Waals surface area (Å²) in [6.07, 6.45) is 13.7. The summed E-state index contributed by atoms with van der Waals surface area (Å²) in [6, 6.07) is 5.83. The van der Waals surface area contributed by atoms with Crippen LogP contribution in [-0.2, 0) is 0 Å². The number of nitrogens with one attached hydrogen (secondary N) is 1. The number of hydrogen-bond donors (Lipinski definition) is 1. The van der Waals surface area contributed by atoms with Gasteiger partial charge in [0.15, 0.2) is 0 Å². The van der Waals surface area contributed by atoms with E-state index in [2.05, 4.69) is 29.6 Å². The zero-order valence-electron chi connectivity index (χ0n) is 12.5. The Kier molecular flexibility index (Phi) is 3.29. The van der Waals surface area contributed by atoms with Crippen LogP contribution in [-0.4, -0.2) is 12.0 Å². The standard InChI is InChI=1S/C19H21NO2/c21-19(22)13-9-10-17-16(11-13)14-7-4-8-15(14)18(20-17)12-5-2-1-3-6-12/h1-2,4,7,9-12,14-15,18,20H,3,5-6,8H2,(H,21,22)/p-1/t12-,14+,15-,18+/m0/s1. The SMILES string of the molecule is O=C([O-])c1ccc2c(c1)[C@@H]1C=CC[C@@H]1[C@@H]([C@H]1CC=CCC1)N2. The molecule has 1 aliphatic heterocycles. The quantitative estimate of drug-likeness (QED) is 0.853. The molecule has 0 radical (unpaired) electrons.